The highest BCUT2D eigenvalue weighted by Crippen LogP contribution is 1.97. The van der Waals surface area contributed by atoms with Gasteiger partial charge in [0.05, 0.1) is 49.4 Å². The van der Waals surface area contributed by atoms with Crippen molar-refractivity contribution < 1.29 is 26.3 Å². The average Bonchev–Trinajstić information content (AvgIpc) is 2.14. The number of ether oxygens (including phenoxy) is 2. The van der Waals surface area contributed by atoms with Crippen LogP contribution in [-0.2, 0) is 29.1 Å². The summed E-state index contributed by atoms with van der Waals surface area (Å²) in [5, 5.41) is 0. The van der Waals surface area contributed by atoms with Crippen LogP contribution >= 0.6 is 0 Å². The van der Waals surface area contributed by atoms with Gasteiger partial charge in [0.15, 0.2) is 19.7 Å². The third-order valence-corrected chi connectivity index (χ3v) is 5.31. The highest BCUT2D eigenvalue weighted by molar-refractivity contribution is 7.91. The number of hydrogen-bond acceptors (Lipinski definition) is 6. The molecule has 1 saturated heterocycles. The lowest BCUT2D eigenvalue weighted by Gasteiger charge is -2.10. The molecular weight excluding hydrogens is 256 g/mol. The summed E-state index contributed by atoms with van der Waals surface area (Å²) in [6.45, 7) is 0.158. The molecule has 0 saturated carbocycles. The second-order valence-corrected chi connectivity index (χ2v) is 8.14. The first-order valence-corrected chi connectivity index (χ1v) is 8.62. The molecule has 1 rings (SSSR count). The van der Waals surface area contributed by atoms with Gasteiger partial charge in [0.2, 0.25) is 0 Å². The molecule has 1 aliphatic heterocycles. The van der Waals surface area contributed by atoms with Crippen molar-refractivity contribution >= 4 is 19.7 Å². The SMILES string of the molecule is O=S1(=O)CCOCCS(=O)(=O)CCOCC1. The van der Waals surface area contributed by atoms with Crippen molar-refractivity contribution in [3.05, 3.63) is 0 Å². The lowest BCUT2D eigenvalue weighted by atomic mass is 10.8. The molecule has 96 valence electrons. The van der Waals surface area contributed by atoms with Gasteiger partial charge in [-0.3, -0.25) is 0 Å². The zero-order valence-electron chi connectivity index (χ0n) is 8.92. The second-order valence-electron chi connectivity index (χ2n) is 3.53. The van der Waals surface area contributed by atoms with Gasteiger partial charge in [-0.1, -0.05) is 0 Å². The first kappa shape index (κ1) is 13.9. The van der Waals surface area contributed by atoms with E-state index in [2.05, 4.69) is 0 Å². The lowest BCUT2D eigenvalue weighted by molar-refractivity contribution is 0.156. The van der Waals surface area contributed by atoms with Gasteiger partial charge >= 0.3 is 0 Å². The van der Waals surface area contributed by atoms with Gasteiger partial charge in [-0.05, 0) is 0 Å². The van der Waals surface area contributed by atoms with E-state index in [1.165, 1.54) is 0 Å². The Labute approximate surface area is 95.8 Å². The summed E-state index contributed by atoms with van der Waals surface area (Å²) in [7, 11) is -6.28. The Hall–Kier alpha value is -0.180. The lowest BCUT2D eigenvalue weighted by Crippen LogP contribution is -2.25. The maximum Gasteiger partial charge on any atom is 0.154 e. The minimum atomic E-state index is -3.14. The van der Waals surface area contributed by atoms with Crippen LogP contribution in [0.2, 0.25) is 0 Å². The fourth-order valence-corrected chi connectivity index (χ4v) is 3.05. The smallest absolute Gasteiger partial charge is 0.154 e. The molecule has 1 fully saturated rings. The molecule has 0 aromatic heterocycles. The van der Waals surface area contributed by atoms with E-state index < -0.39 is 19.7 Å². The normalized spacial score (nSPS) is 27.5. The number of hydrogen-bond donors (Lipinski definition) is 0. The van der Waals surface area contributed by atoms with Crippen LogP contribution in [0.25, 0.3) is 0 Å². The monoisotopic (exact) mass is 272 g/mol. The van der Waals surface area contributed by atoms with Crippen LogP contribution in [0.4, 0.5) is 0 Å². The van der Waals surface area contributed by atoms with Gasteiger partial charge in [-0.2, -0.15) is 0 Å². The molecule has 0 bridgehead atoms. The van der Waals surface area contributed by atoms with Crippen molar-refractivity contribution in [3.63, 3.8) is 0 Å². The Balaban J connectivity index is 2.52. The third kappa shape index (κ3) is 5.78. The molecule has 0 radical (unpaired) electrons. The van der Waals surface area contributed by atoms with E-state index in [4.69, 9.17) is 9.47 Å². The van der Waals surface area contributed by atoms with E-state index in [1.807, 2.05) is 0 Å². The molecule has 0 unspecified atom stereocenters. The second kappa shape index (κ2) is 5.95. The van der Waals surface area contributed by atoms with Crippen LogP contribution in [0.3, 0.4) is 0 Å². The summed E-state index contributed by atoms with van der Waals surface area (Å²) in [4.78, 5) is 0. The molecule has 0 atom stereocenters. The van der Waals surface area contributed by atoms with Crippen LogP contribution in [0.15, 0.2) is 0 Å². The van der Waals surface area contributed by atoms with Crippen molar-refractivity contribution in [1.29, 1.82) is 0 Å². The third-order valence-electron chi connectivity index (χ3n) is 2.15. The minimum absolute atomic E-state index is 0.0395. The molecule has 1 heterocycles. The first-order chi connectivity index (χ1) is 7.41. The summed E-state index contributed by atoms with van der Waals surface area (Å²) in [5.74, 6) is -0.348. The van der Waals surface area contributed by atoms with Crippen LogP contribution < -0.4 is 0 Å². The zero-order valence-corrected chi connectivity index (χ0v) is 10.6. The van der Waals surface area contributed by atoms with Crippen molar-refractivity contribution in [2.45, 2.75) is 0 Å². The molecule has 0 N–H and O–H groups in total. The van der Waals surface area contributed by atoms with Crippen LogP contribution in [0.5, 0.6) is 0 Å². The minimum Gasteiger partial charge on any atom is -0.379 e. The van der Waals surface area contributed by atoms with Crippen molar-refractivity contribution in [2.75, 3.05) is 49.4 Å². The van der Waals surface area contributed by atoms with Gasteiger partial charge in [0, 0.05) is 0 Å². The van der Waals surface area contributed by atoms with Gasteiger partial charge in [-0.15, -0.1) is 0 Å². The van der Waals surface area contributed by atoms with E-state index in [1.54, 1.807) is 0 Å². The van der Waals surface area contributed by atoms with Gasteiger partial charge in [0.1, 0.15) is 0 Å². The number of sulfone groups is 2. The highest BCUT2D eigenvalue weighted by atomic mass is 32.2. The summed E-state index contributed by atoms with van der Waals surface area (Å²) in [6.07, 6.45) is 0. The van der Waals surface area contributed by atoms with E-state index >= 15 is 0 Å². The number of rotatable bonds is 0. The van der Waals surface area contributed by atoms with E-state index in [0.717, 1.165) is 0 Å². The quantitative estimate of drug-likeness (QED) is 0.554. The van der Waals surface area contributed by atoms with E-state index in [-0.39, 0.29) is 49.4 Å². The maximum atomic E-state index is 11.3. The molecule has 0 amide bonds. The Morgan fingerprint density at radius 3 is 1.06 bits per heavy atom. The van der Waals surface area contributed by atoms with Gasteiger partial charge in [-0.25, -0.2) is 16.8 Å². The molecule has 0 spiro atoms. The molecule has 0 aromatic carbocycles. The molecule has 16 heavy (non-hydrogen) atoms. The molecule has 0 aliphatic carbocycles. The Kier molecular flexibility index (Phi) is 5.16. The van der Waals surface area contributed by atoms with E-state index in [9.17, 15) is 16.8 Å². The Bertz CT molecular complexity index is 332. The Morgan fingerprint density at radius 1 is 0.562 bits per heavy atom. The van der Waals surface area contributed by atoms with Crippen LogP contribution in [-0.4, -0.2) is 66.3 Å². The average molecular weight is 272 g/mol. The summed E-state index contributed by atoms with van der Waals surface area (Å²) < 4.78 is 55.3. The van der Waals surface area contributed by atoms with Crippen molar-refractivity contribution in [3.8, 4) is 0 Å². The Morgan fingerprint density at radius 2 is 0.812 bits per heavy atom. The zero-order chi connectivity index (χ0) is 12.1. The molecule has 8 heteroatoms. The largest absolute Gasteiger partial charge is 0.379 e. The summed E-state index contributed by atoms with van der Waals surface area (Å²) in [5.41, 5.74) is 0. The maximum absolute atomic E-state index is 11.3. The van der Waals surface area contributed by atoms with Crippen LogP contribution in [0.1, 0.15) is 0 Å². The summed E-state index contributed by atoms with van der Waals surface area (Å²) in [6, 6.07) is 0. The summed E-state index contributed by atoms with van der Waals surface area (Å²) >= 11 is 0. The predicted molar refractivity (Wildman–Crippen MR) is 58.9 cm³/mol. The molecule has 0 aromatic rings. The highest BCUT2D eigenvalue weighted by Gasteiger charge is 2.15. The standard InChI is InChI=1S/C8H16O6S2/c9-15(10)5-1-13-2-6-16(11,12)8-4-14-3-7-15/h1-8H2. The topological polar surface area (TPSA) is 86.7 Å². The molecule has 6 nitrogen and oxygen atoms in total. The van der Waals surface area contributed by atoms with Gasteiger partial charge < -0.3 is 9.47 Å². The molecular formula is C8H16O6S2. The fourth-order valence-electron chi connectivity index (χ4n) is 1.15. The van der Waals surface area contributed by atoms with Crippen LogP contribution in [0, 0.1) is 0 Å². The first-order valence-electron chi connectivity index (χ1n) is 4.98. The predicted octanol–water partition coefficient (Wildman–Crippen LogP) is -1.14. The van der Waals surface area contributed by atoms with E-state index in [0.29, 0.717) is 0 Å². The van der Waals surface area contributed by atoms with Crippen molar-refractivity contribution in [1.82, 2.24) is 0 Å². The van der Waals surface area contributed by atoms with Crippen molar-refractivity contribution in [2.24, 2.45) is 0 Å². The molecule has 1 aliphatic rings. The van der Waals surface area contributed by atoms with Gasteiger partial charge in [0.25, 0.3) is 0 Å². The fraction of sp³-hybridized carbons (Fsp3) is 1.00.